The Morgan fingerprint density at radius 3 is 2.09 bits per heavy atom. The van der Waals surface area contributed by atoms with Crippen LogP contribution in [0.1, 0.15) is 37.7 Å². The van der Waals surface area contributed by atoms with Crippen LogP contribution in [0.15, 0.2) is 24.3 Å². The SMILES string of the molecule is COC1(OC)[C@@H]2CC3C[C@H]1CC(c1ccc([N+](=O)[O-])cc1)(C3)C2. The first kappa shape index (κ1) is 15.1. The summed E-state index contributed by atoms with van der Waals surface area (Å²) < 4.78 is 11.8. The summed E-state index contributed by atoms with van der Waals surface area (Å²) in [6.45, 7) is 0. The van der Waals surface area contributed by atoms with E-state index in [9.17, 15) is 10.1 Å². The van der Waals surface area contributed by atoms with Gasteiger partial charge in [-0.1, -0.05) is 12.1 Å². The number of methoxy groups -OCH3 is 2. The largest absolute Gasteiger partial charge is 0.353 e. The summed E-state index contributed by atoms with van der Waals surface area (Å²) in [6, 6.07) is 7.22. The van der Waals surface area contributed by atoms with Gasteiger partial charge < -0.3 is 9.47 Å². The van der Waals surface area contributed by atoms with Gasteiger partial charge in [-0.05, 0) is 49.0 Å². The lowest BCUT2D eigenvalue weighted by Crippen LogP contribution is -2.63. The van der Waals surface area contributed by atoms with Crippen LogP contribution in [0.4, 0.5) is 5.69 Å². The predicted octanol–water partition coefficient (Wildman–Crippen LogP) is 3.66. The van der Waals surface area contributed by atoms with Gasteiger partial charge in [0.2, 0.25) is 0 Å². The lowest BCUT2D eigenvalue weighted by Gasteiger charge is -2.64. The Hall–Kier alpha value is -1.46. The third-order valence-electron chi connectivity index (χ3n) is 6.66. The summed E-state index contributed by atoms with van der Waals surface area (Å²) in [4.78, 5) is 10.6. The molecule has 124 valence electrons. The molecular formula is C18H23NO4. The summed E-state index contributed by atoms with van der Waals surface area (Å²) in [5.41, 5.74) is 1.57. The van der Waals surface area contributed by atoms with Crippen LogP contribution in [-0.2, 0) is 14.9 Å². The first-order valence-electron chi connectivity index (χ1n) is 8.38. The average Bonchev–Trinajstić information content (AvgIpc) is 2.55. The zero-order valence-corrected chi connectivity index (χ0v) is 13.7. The molecule has 4 atom stereocenters. The van der Waals surface area contributed by atoms with Crippen molar-refractivity contribution in [3.05, 3.63) is 39.9 Å². The summed E-state index contributed by atoms with van der Waals surface area (Å²) in [5.74, 6) is 1.13. The van der Waals surface area contributed by atoms with Crippen molar-refractivity contribution in [1.29, 1.82) is 0 Å². The lowest BCUT2D eigenvalue weighted by molar-refractivity contribution is -0.384. The number of non-ortho nitro benzene ring substituents is 1. The number of hydrogen-bond acceptors (Lipinski definition) is 4. The number of rotatable bonds is 4. The van der Waals surface area contributed by atoms with E-state index in [1.54, 1.807) is 26.4 Å². The Morgan fingerprint density at radius 1 is 1.04 bits per heavy atom. The lowest BCUT2D eigenvalue weighted by atomic mass is 9.46. The number of nitro groups is 1. The maximum Gasteiger partial charge on any atom is 0.269 e. The van der Waals surface area contributed by atoms with E-state index in [1.807, 2.05) is 12.1 Å². The van der Waals surface area contributed by atoms with Crippen molar-refractivity contribution in [3.8, 4) is 0 Å². The highest BCUT2D eigenvalue weighted by atomic mass is 16.7. The molecule has 0 aromatic heterocycles. The average molecular weight is 317 g/mol. The minimum atomic E-state index is -0.429. The molecule has 1 aromatic rings. The molecular weight excluding hydrogens is 294 g/mol. The van der Waals surface area contributed by atoms with E-state index in [2.05, 4.69) is 0 Å². The van der Waals surface area contributed by atoms with Crippen molar-refractivity contribution < 1.29 is 14.4 Å². The molecule has 4 aliphatic carbocycles. The van der Waals surface area contributed by atoms with Crippen LogP contribution in [0.3, 0.4) is 0 Å². The molecule has 23 heavy (non-hydrogen) atoms. The molecule has 5 nitrogen and oxygen atoms in total. The van der Waals surface area contributed by atoms with E-state index < -0.39 is 5.79 Å². The fourth-order valence-corrected chi connectivity index (χ4v) is 5.97. The Labute approximate surface area is 136 Å². The van der Waals surface area contributed by atoms with E-state index in [0.29, 0.717) is 11.8 Å². The molecule has 0 aliphatic heterocycles. The van der Waals surface area contributed by atoms with Crippen molar-refractivity contribution in [2.75, 3.05) is 14.2 Å². The third-order valence-corrected chi connectivity index (χ3v) is 6.66. The van der Waals surface area contributed by atoms with Gasteiger partial charge in [-0.3, -0.25) is 10.1 Å². The highest BCUT2D eigenvalue weighted by Gasteiger charge is 2.63. The normalized spacial score (nSPS) is 37.0. The molecule has 0 amide bonds. The smallest absolute Gasteiger partial charge is 0.269 e. The highest BCUT2D eigenvalue weighted by Crippen LogP contribution is 2.65. The second-order valence-electron chi connectivity index (χ2n) is 7.56. The number of hydrogen-bond donors (Lipinski definition) is 0. The van der Waals surface area contributed by atoms with E-state index in [-0.39, 0.29) is 16.0 Å². The zero-order chi connectivity index (χ0) is 16.2. The standard InChI is InChI=1S/C18H23NO4/c1-22-18(23-2)14-7-12-8-15(18)11-17(9-12,10-14)13-3-5-16(6-4-13)19(20)21/h3-6,12,14-15H,7-11H2,1-2H3/t12?,14-,15+,17?. The van der Waals surface area contributed by atoms with Gasteiger partial charge in [-0.15, -0.1) is 0 Å². The van der Waals surface area contributed by atoms with Crippen LogP contribution in [0.2, 0.25) is 0 Å². The zero-order valence-electron chi connectivity index (χ0n) is 13.7. The molecule has 4 bridgehead atoms. The second kappa shape index (κ2) is 5.02. The third kappa shape index (κ3) is 1.99. The van der Waals surface area contributed by atoms with E-state index in [0.717, 1.165) is 18.8 Å². The van der Waals surface area contributed by atoms with Gasteiger partial charge in [0.15, 0.2) is 5.79 Å². The van der Waals surface area contributed by atoms with Crippen LogP contribution >= 0.6 is 0 Å². The molecule has 0 heterocycles. The van der Waals surface area contributed by atoms with Gasteiger partial charge >= 0.3 is 0 Å². The topological polar surface area (TPSA) is 61.6 Å². The van der Waals surface area contributed by atoms with E-state index >= 15 is 0 Å². The van der Waals surface area contributed by atoms with Crippen LogP contribution in [0, 0.1) is 27.9 Å². The van der Waals surface area contributed by atoms with Gasteiger partial charge in [0, 0.05) is 38.2 Å². The second-order valence-corrected chi connectivity index (χ2v) is 7.56. The van der Waals surface area contributed by atoms with Crippen LogP contribution in [0.5, 0.6) is 0 Å². The minimum absolute atomic E-state index is 0.145. The minimum Gasteiger partial charge on any atom is -0.353 e. The Balaban J connectivity index is 1.70. The number of nitrogens with zero attached hydrogens (tertiary/aromatic N) is 1. The van der Waals surface area contributed by atoms with Gasteiger partial charge in [-0.2, -0.15) is 0 Å². The predicted molar refractivity (Wildman–Crippen MR) is 85.1 cm³/mol. The highest BCUT2D eigenvalue weighted by molar-refractivity contribution is 5.38. The maximum absolute atomic E-state index is 10.9. The molecule has 5 heteroatoms. The molecule has 0 spiro atoms. The molecule has 2 unspecified atom stereocenters. The molecule has 0 N–H and O–H groups in total. The fourth-order valence-electron chi connectivity index (χ4n) is 5.97. The Morgan fingerprint density at radius 2 is 1.61 bits per heavy atom. The fraction of sp³-hybridized carbons (Fsp3) is 0.667. The molecule has 5 rings (SSSR count). The van der Waals surface area contributed by atoms with Crippen LogP contribution in [-0.4, -0.2) is 24.9 Å². The Bertz CT molecular complexity index is 604. The van der Waals surface area contributed by atoms with E-state index in [4.69, 9.17) is 9.47 Å². The van der Waals surface area contributed by atoms with E-state index in [1.165, 1.54) is 24.8 Å². The van der Waals surface area contributed by atoms with Crippen LogP contribution in [0.25, 0.3) is 0 Å². The molecule has 1 aromatic carbocycles. The molecule has 4 fully saturated rings. The maximum atomic E-state index is 10.9. The number of nitro benzene ring substituents is 1. The quantitative estimate of drug-likeness (QED) is 0.483. The van der Waals surface area contributed by atoms with Crippen molar-refractivity contribution >= 4 is 5.69 Å². The molecule has 4 saturated carbocycles. The first-order valence-corrected chi connectivity index (χ1v) is 8.38. The summed E-state index contributed by atoms with van der Waals surface area (Å²) >= 11 is 0. The van der Waals surface area contributed by atoms with Crippen molar-refractivity contribution in [2.24, 2.45) is 17.8 Å². The monoisotopic (exact) mass is 317 g/mol. The van der Waals surface area contributed by atoms with Crippen LogP contribution < -0.4 is 0 Å². The first-order chi connectivity index (χ1) is 11.0. The van der Waals surface area contributed by atoms with Gasteiger partial charge in [0.05, 0.1) is 4.92 Å². The van der Waals surface area contributed by atoms with Gasteiger partial charge in [-0.25, -0.2) is 0 Å². The Kier molecular flexibility index (Phi) is 3.29. The number of benzene rings is 1. The molecule has 0 radical (unpaired) electrons. The van der Waals surface area contributed by atoms with Crippen molar-refractivity contribution in [3.63, 3.8) is 0 Å². The van der Waals surface area contributed by atoms with Gasteiger partial charge in [0.1, 0.15) is 0 Å². The molecule has 4 aliphatic rings. The molecule has 0 saturated heterocycles. The van der Waals surface area contributed by atoms with Gasteiger partial charge in [0.25, 0.3) is 5.69 Å². The van der Waals surface area contributed by atoms with Crippen molar-refractivity contribution in [1.82, 2.24) is 0 Å². The number of ether oxygens (including phenoxy) is 2. The summed E-state index contributed by atoms with van der Waals surface area (Å²) in [5, 5.41) is 10.9. The summed E-state index contributed by atoms with van der Waals surface area (Å²) in [6.07, 6.45) is 5.65. The summed E-state index contributed by atoms with van der Waals surface area (Å²) in [7, 11) is 3.54. The van der Waals surface area contributed by atoms with Crippen molar-refractivity contribution in [2.45, 2.75) is 43.3 Å².